The summed E-state index contributed by atoms with van der Waals surface area (Å²) in [4.78, 5) is 0. The van der Waals surface area contributed by atoms with Crippen molar-refractivity contribution in [2.75, 3.05) is 92.5 Å². The second-order valence-corrected chi connectivity index (χ2v) is 97.1. The van der Waals surface area contributed by atoms with Crippen LogP contribution >= 0.6 is 0 Å². The van der Waals surface area contributed by atoms with Gasteiger partial charge in [-0.15, -0.1) is 0 Å². The lowest BCUT2D eigenvalue weighted by molar-refractivity contribution is 0.0476. The van der Waals surface area contributed by atoms with Gasteiger partial charge in [-0.3, -0.25) is 0 Å². The molecular formula is C64H160O16Si14. The molecule has 0 spiro atoms. The minimum absolute atomic E-state index is 0.240. The van der Waals surface area contributed by atoms with E-state index < -0.39 is 117 Å². The summed E-state index contributed by atoms with van der Waals surface area (Å²) < 4.78 is 101. The molecule has 0 aliphatic heterocycles. The molecule has 0 atom stereocenters. The predicted octanol–water partition coefficient (Wildman–Crippen LogP) is 20.3. The van der Waals surface area contributed by atoms with Crippen molar-refractivity contribution in [1.82, 2.24) is 0 Å². The molecule has 0 fully saturated rings. The lowest BCUT2D eigenvalue weighted by atomic mass is 10.2. The zero-order valence-corrected chi connectivity index (χ0v) is 82.9. The minimum atomic E-state index is -2.26. The fraction of sp³-hybridized carbons (Fsp3) is 1.00. The van der Waals surface area contributed by atoms with Crippen molar-refractivity contribution in [3.05, 3.63) is 0 Å². The molecule has 0 unspecified atom stereocenters. The molecule has 0 aliphatic carbocycles. The fourth-order valence-electron chi connectivity index (χ4n) is 11.1. The summed E-state index contributed by atoms with van der Waals surface area (Å²) in [5.41, 5.74) is 0. The van der Waals surface area contributed by atoms with Crippen LogP contribution in [0.5, 0.6) is 0 Å². The van der Waals surface area contributed by atoms with Crippen LogP contribution < -0.4 is 0 Å². The fourth-order valence-corrected chi connectivity index (χ4v) is 66.2. The Hall–Kier alpha value is 2.40. The van der Waals surface area contributed by atoms with Gasteiger partial charge in [0.25, 0.3) is 0 Å². The summed E-state index contributed by atoms with van der Waals surface area (Å²) in [6.07, 6.45) is 5.98. The molecule has 94 heavy (non-hydrogen) atoms. The standard InChI is InChI=1S/C36H92O10Si9.C28H68O6Si5/c1-47(2,3)41-54(19,42-48(4,5)6)35-23-27-39-31-29-37-25-21-33-51(13,14)45-53(17,18)46-52(15,16)34-22-26-38-30-32-40-28-24-36-55(20,43-49(7,8)9)44-50(10,11)12;1-27(2,3)37(11,12)31-23-21-29-19-17-25-35(7,8)33-39(15,16)34-36(9,10)26-18-20-30-22-24-32-38(13,14)28(4,5)6/h21-36H2,1-20H3;17-26H2,1-16H3. The highest BCUT2D eigenvalue weighted by atomic mass is 28.5. The Morgan fingerprint density at radius 3 is 0.543 bits per heavy atom. The first-order chi connectivity index (χ1) is 42.0. The molecule has 0 amide bonds. The summed E-state index contributed by atoms with van der Waals surface area (Å²) in [5, 5.41) is 0.480. The van der Waals surface area contributed by atoms with Crippen molar-refractivity contribution in [1.29, 1.82) is 0 Å². The first kappa shape index (κ1) is 98.4. The van der Waals surface area contributed by atoms with Crippen LogP contribution in [-0.2, 0) is 70.2 Å². The Bertz CT molecular complexity index is 1820. The molecule has 0 aliphatic rings. The van der Waals surface area contributed by atoms with E-state index in [0.29, 0.717) is 52.9 Å². The van der Waals surface area contributed by atoms with Crippen LogP contribution in [-0.4, -0.2) is 210 Å². The van der Waals surface area contributed by atoms with Crippen LogP contribution in [0, 0.1) is 0 Å². The minimum Gasteiger partial charge on any atom is -0.437 e. The number of ether oxygens (including phenoxy) is 6. The quantitative estimate of drug-likeness (QED) is 0.0420. The van der Waals surface area contributed by atoms with Crippen LogP contribution in [0.15, 0.2) is 0 Å². The van der Waals surface area contributed by atoms with Crippen LogP contribution in [0.1, 0.15) is 80.1 Å². The Balaban J connectivity index is 0. The summed E-state index contributed by atoms with van der Waals surface area (Å²) in [7, 11) is -26.3. The molecule has 0 aromatic heterocycles. The average Bonchev–Trinajstić information content (AvgIpc) is 0.887. The molecule has 0 aromatic carbocycles. The van der Waals surface area contributed by atoms with Gasteiger partial charge in [-0.05, 0) is 281 Å². The Labute approximate surface area is 598 Å². The Kier molecular flexibility index (Phi) is 45.2. The molecule has 16 nitrogen and oxygen atoms in total. The normalized spacial score (nSPS) is 14.7. The van der Waals surface area contributed by atoms with Gasteiger partial charge in [0.2, 0.25) is 0 Å². The van der Waals surface area contributed by atoms with E-state index in [-0.39, 0.29) is 10.1 Å². The molecule has 0 aromatic rings. The molecule has 30 heteroatoms. The van der Waals surface area contributed by atoms with Crippen LogP contribution in [0.2, 0.25) is 243 Å². The highest BCUT2D eigenvalue weighted by molar-refractivity contribution is 6.90. The second-order valence-electron chi connectivity index (χ2n) is 36.9. The third kappa shape index (κ3) is 55.0. The van der Waals surface area contributed by atoms with Gasteiger partial charge in [0.05, 0.1) is 52.9 Å². The van der Waals surface area contributed by atoms with E-state index in [1.165, 1.54) is 0 Å². The molecule has 0 bridgehead atoms. The van der Waals surface area contributed by atoms with Crippen LogP contribution in [0.3, 0.4) is 0 Å². The number of rotatable bonds is 54. The van der Waals surface area contributed by atoms with E-state index in [4.69, 9.17) is 70.2 Å². The topological polar surface area (TPSA) is 148 Å². The van der Waals surface area contributed by atoms with E-state index in [9.17, 15) is 0 Å². The molecule has 0 radical (unpaired) electrons. The van der Waals surface area contributed by atoms with E-state index >= 15 is 0 Å². The van der Waals surface area contributed by atoms with Gasteiger partial charge >= 0.3 is 34.2 Å². The summed E-state index contributed by atoms with van der Waals surface area (Å²) >= 11 is 0. The van der Waals surface area contributed by atoms with Crippen molar-refractivity contribution in [2.24, 2.45) is 0 Å². The number of hydrogen-bond acceptors (Lipinski definition) is 16. The van der Waals surface area contributed by atoms with E-state index in [2.05, 4.69) is 238 Å². The SMILES string of the molecule is CC(C)(C)[Si](C)(C)OCCOCCC[Si](C)(C)O[Si](C)(C)O[Si](C)(C)CCCOCCO[Si](C)(C)C(C)(C)C.C[Si](C)(C)O[Si](C)(CCCOCCOCCC[Si](C)(C)O[Si](C)(C)O[Si](C)(C)CCCOCCOCCC[Si](C)(O[Si](C)(C)C)O[Si](C)(C)C)O[Si](C)(C)C. The summed E-state index contributed by atoms with van der Waals surface area (Å²) in [6, 6.07) is 6.24. The maximum atomic E-state index is 6.82. The van der Waals surface area contributed by atoms with Crippen LogP contribution in [0.25, 0.3) is 0 Å². The lowest BCUT2D eigenvalue weighted by Gasteiger charge is -2.39. The van der Waals surface area contributed by atoms with Crippen LogP contribution in [0.4, 0.5) is 0 Å². The zero-order chi connectivity index (χ0) is 73.7. The molecule has 0 N–H and O–H groups in total. The zero-order valence-electron chi connectivity index (χ0n) is 68.9. The summed E-state index contributed by atoms with van der Waals surface area (Å²) in [5.74, 6) is 0. The lowest BCUT2D eigenvalue weighted by Crippen LogP contribution is -2.52. The Morgan fingerprint density at radius 2 is 0.372 bits per heavy atom. The highest BCUT2D eigenvalue weighted by Crippen LogP contribution is 2.38. The molecule has 568 valence electrons. The van der Waals surface area contributed by atoms with Gasteiger partial charge in [-0.25, -0.2) is 0 Å². The van der Waals surface area contributed by atoms with Gasteiger partial charge in [-0.1, -0.05) is 41.5 Å². The highest BCUT2D eigenvalue weighted by Gasteiger charge is 2.44. The van der Waals surface area contributed by atoms with Gasteiger partial charge in [0, 0.05) is 39.6 Å². The maximum absolute atomic E-state index is 6.82. The van der Waals surface area contributed by atoms with Crippen molar-refractivity contribution < 1.29 is 70.2 Å². The van der Waals surface area contributed by atoms with E-state index in [0.717, 1.165) is 114 Å². The first-order valence-corrected chi connectivity index (χ1v) is 78.9. The molecule has 0 saturated carbocycles. The van der Waals surface area contributed by atoms with Gasteiger partial charge in [0.1, 0.15) is 0 Å². The summed E-state index contributed by atoms with van der Waals surface area (Å²) in [6.45, 7) is 91.4. The van der Waals surface area contributed by atoms with Crippen molar-refractivity contribution >= 4 is 117 Å². The largest absolute Gasteiger partial charge is 0.437 e. The average molecular weight is 1580 g/mol. The smallest absolute Gasteiger partial charge is 0.314 e. The monoisotopic (exact) mass is 1580 g/mol. The van der Waals surface area contributed by atoms with Gasteiger partial charge < -0.3 is 70.2 Å². The number of hydrogen-bond donors (Lipinski definition) is 0. The molecule has 0 heterocycles. The molecular weight excluding hydrogens is 1420 g/mol. The third-order valence-electron chi connectivity index (χ3n) is 16.0. The first-order valence-electron chi connectivity index (χ1n) is 36.3. The van der Waals surface area contributed by atoms with E-state index in [1.54, 1.807) is 0 Å². The van der Waals surface area contributed by atoms with Gasteiger partial charge in [0.15, 0.2) is 83.2 Å². The predicted molar refractivity (Wildman–Crippen MR) is 438 cm³/mol. The van der Waals surface area contributed by atoms with E-state index in [1.807, 2.05) is 0 Å². The molecule has 0 rings (SSSR count). The maximum Gasteiger partial charge on any atom is 0.314 e. The van der Waals surface area contributed by atoms with Gasteiger partial charge in [-0.2, -0.15) is 0 Å². The Morgan fingerprint density at radius 1 is 0.202 bits per heavy atom. The third-order valence-corrected chi connectivity index (χ3v) is 67.3. The van der Waals surface area contributed by atoms with Crippen molar-refractivity contribution in [2.45, 2.75) is 323 Å². The van der Waals surface area contributed by atoms with Crippen molar-refractivity contribution in [3.63, 3.8) is 0 Å². The van der Waals surface area contributed by atoms with Crippen molar-refractivity contribution in [3.8, 4) is 0 Å². The second kappa shape index (κ2) is 43.1. The molecule has 0 saturated heterocycles.